The zero-order chi connectivity index (χ0) is 67.5. The smallest absolute Gasteiger partial charge is 0.462 e. The third-order valence-corrected chi connectivity index (χ3v) is 19.0. The summed E-state index contributed by atoms with van der Waals surface area (Å²) in [7, 11) is -9.90. The van der Waals surface area contributed by atoms with E-state index in [-0.39, 0.29) is 25.7 Å². The van der Waals surface area contributed by atoms with E-state index in [0.717, 1.165) is 89.9 Å². The Bertz CT molecular complexity index is 1760. The lowest BCUT2D eigenvalue weighted by atomic mass is 10.0. The second-order valence-electron chi connectivity index (χ2n) is 26.3. The number of phosphoric ester groups is 2. The number of unbranched alkanes of at least 4 members (excludes halogenated alkanes) is 48. The fourth-order valence-corrected chi connectivity index (χ4v) is 12.8. The van der Waals surface area contributed by atoms with Crippen molar-refractivity contribution in [2.24, 2.45) is 0 Å². The van der Waals surface area contributed by atoms with Gasteiger partial charge >= 0.3 is 39.5 Å². The fourth-order valence-electron chi connectivity index (χ4n) is 11.2. The van der Waals surface area contributed by atoms with Gasteiger partial charge in [0.1, 0.15) is 19.3 Å². The van der Waals surface area contributed by atoms with Gasteiger partial charge in [-0.2, -0.15) is 0 Å². The van der Waals surface area contributed by atoms with Crippen molar-refractivity contribution in [1.82, 2.24) is 0 Å². The van der Waals surface area contributed by atoms with E-state index in [9.17, 15) is 43.2 Å². The van der Waals surface area contributed by atoms with Crippen molar-refractivity contribution in [2.45, 2.75) is 406 Å². The molecule has 0 saturated carbocycles. The van der Waals surface area contributed by atoms with Gasteiger partial charge in [-0.05, 0) is 25.7 Å². The number of esters is 4. The summed E-state index contributed by atoms with van der Waals surface area (Å²) in [6, 6.07) is 0. The molecule has 92 heavy (non-hydrogen) atoms. The topological polar surface area (TPSA) is 237 Å². The lowest BCUT2D eigenvalue weighted by molar-refractivity contribution is -0.161. The van der Waals surface area contributed by atoms with Crippen LogP contribution in [-0.2, 0) is 65.4 Å². The van der Waals surface area contributed by atoms with Crippen molar-refractivity contribution < 1.29 is 80.2 Å². The summed E-state index contributed by atoms with van der Waals surface area (Å²) in [4.78, 5) is 72.6. The molecule has 3 N–H and O–H groups in total. The van der Waals surface area contributed by atoms with E-state index < -0.39 is 97.5 Å². The van der Waals surface area contributed by atoms with Gasteiger partial charge in [0.15, 0.2) is 12.2 Å². The number of rotatable bonds is 74. The van der Waals surface area contributed by atoms with Crippen LogP contribution in [0.15, 0.2) is 0 Å². The molecule has 2 unspecified atom stereocenters. The molecule has 17 nitrogen and oxygen atoms in total. The van der Waals surface area contributed by atoms with Crippen molar-refractivity contribution >= 4 is 39.5 Å². The zero-order valence-corrected chi connectivity index (χ0v) is 61.3. The summed E-state index contributed by atoms with van der Waals surface area (Å²) in [5, 5.41) is 10.6. The van der Waals surface area contributed by atoms with E-state index in [1.54, 1.807) is 0 Å². The van der Waals surface area contributed by atoms with Gasteiger partial charge in [-0.25, -0.2) is 9.13 Å². The summed E-state index contributed by atoms with van der Waals surface area (Å²) in [5.74, 6) is -2.12. The quantitative estimate of drug-likeness (QED) is 0.0222. The summed E-state index contributed by atoms with van der Waals surface area (Å²) in [6.45, 7) is 4.96. The Morgan fingerprint density at radius 3 is 0.641 bits per heavy atom. The van der Waals surface area contributed by atoms with E-state index in [4.69, 9.17) is 37.0 Å². The minimum absolute atomic E-state index is 0.108. The number of hydrogen-bond acceptors (Lipinski definition) is 15. The van der Waals surface area contributed by atoms with Crippen molar-refractivity contribution in [1.29, 1.82) is 0 Å². The molecule has 0 aromatic rings. The van der Waals surface area contributed by atoms with Crippen molar-refractivity contribution in [2.75, 3.05) is 39.6 Å². The Labute approximate surface area is 562 Å². The lowest BCUT2D eigenvalue weighted by Gasteiger charge is -2.21. The standard InChI is InChI=1S/C73H142O17P2/c1-5-9-13-17-21-25-28-31-32-33-34-35-37-40-44-48-52-56-60-73(78)90-69(64-84-71(76)58-54-50-46-42-39-36-29-26-22-18-14-10-6-2)66-88-92(81,82)86-62-67(74)61-85-91(79,80)87-65-68(63-83-70(75)57-53-49-45-41-24-20-16-12-8-4)89-72(77)59-55-51-47-43-38-30-27-23-19-15-11-7-3/h67-69,74H,5-66H2,1-4H3,(H,79,80)(H,81,82)/t67-,68+,69+/m0/s1. The van der Waals surface area contributed by atoms with Crippen LogP contribution in [0.25, 0.3) is 0 Å². The summed E-state index contributed by atoms with van der Waals surface area (Å²) in [6.07, 6.45) is 56.7. The van der Waals surface area contributed by atoms with Crippen LogP contribution >= 0.6 is 15.6 Å². The first-order chi connectivity index (χ1) is 44.7. The van der Waals surface area contributed by atoms with Crippen molar-refractivity contribution in [3.05, 3.63) is 0 Å². The number of carbonyl (C=O) groups excluding carboxylic acids is 4. The van der Waals surface area contributed by atoms with Gasteiger partial charge < -0.3 is 33.8 Å². The van der Waals surface area contributed by atoms with Crippen LogP contribution in [0.4, 0.5) is 0 Å². The lowest BCUT2D eigenvalue weighted by Crippen LogP contribution is -2.30. The van der Waals surface area contributed by atoms with E-state index >= 15 is 0 Å². The molecule has 0 rings (SSSR count). The minimum atomic E-state index is -4.95. The first-order valence-electron chi connectivity index (χ1n) is 38.3. The van der Waals surface area contributed by atoms with Gasteiger partial charge in [-0.15, -0.1) is 0 Å². The molecule has 0 bridgehead atoms. The van der Waals surface area contributed by atoms with Crippen LogP contribution in [0.5, 0.6) is 0 Å². The molecular formula is C73H142O17P2. The number of carbonyl (C=O) groups is 4. The van der Waals surface area contributed by atoms with E-state index in [1.807, 2.05) is 0 Å². The third kappa shape index (κ3) is 66.7. The van der Waals surface area contributed by atoms with Gasteiger partial charge in [0.05, 0.1) is 26.4 Å². The highest BCUT2D eigenvalue weighted by molar-refractivity contribution is 7.47. The summed E-state index contributed by atoms with van der Waals surface area (Å²) >= 11 is 0. The van der Waals surface area contributed by atoms with E-state index in [1.165, 1.54) is 218 Å². The second kappa shape index (κ2) is 67.6. The van der Waals surface area contributed by atoms with Crippen LogP contribution in [0.2, 0.25) is 0 Å². The maximum Gasteiger partial charge on any atom is 0.472 e. The van der Waals surface area contributed by atoms with E-state index in [0.29, 0.717) is 25.7 Å². The first kappa shape index (κ1) is 90.1. The van der Waals surface area contributed by atoms with E-state index in [2.05, 4.69) is 27.7 Å². The van der Waals surface area contributed by atoms with Crippen LogP contribution in [0, 0.1) is 0 Å². The number of phosphoric acid groups is 2. The molecule has 0 aliphatic heterocycles. The minimum Gasteiger partial charge on any atom is -0.462 e. The zero-order valence-electron chi connectivity index (χ0n) is 59.5. The summed E-state index contributed by atoms with van der Waals surface area (Å²) in [5.41, 5.74) is 0. The fraction of sp³-hybridized carbons (Fsp3) is 0.945. The van der Waals surface area contributed by atoms with Gasteiger partial charge in [-0.1, -0.05) is 336 Å². The molecule has 0 heterocycles. The molecule has 0 fully saturated rings. The molecule has 0 spiro atoms. The molecule has 546 valence electrons. The monoisotopic (exact) mass is 1350 g/mol. The average molecular weight is 1350 g/mol. The Morgan fingerprint density at radius 2 is 0.435 bits per heavy atom. The van der Waals surface area contributed by atoms with Crippen LogP contribution in [0.1, 0.15) is 387 Å². The SMILES string of the molecule is CCCCCCCCCCCCCCCCCCCCC(=O)O[C@H](COC(=O)CCCCCCCCCCCCCCC)COP(=O)(O)OC[C@@H](O)COP(=O)(O)OC[C@@H](COC(=O)CCCCCCCCCCC)OC(=O)CCCCCCCCCCCCCC. The van der Waals surface area contributed by atoms with Gasteiger partial charge in [0.2, 0.25) is 0 Å². The number of hydrogen-bond donors (Lipinski definition) is 3. The molecule has 0 aliphatic carbocycles. The number of ether oxygens (including phenoxy) is 4. The van der Waals surface area contributed by atoms with Crippen LogP contribution < -0.4 is 0 Å². The highest BCUT2D eigenvalue weighted by Gasteiger charge is 2.30. The van der Waals surface area contributed by atoms with Crippen LogP contribution in [-0.4, -0.2) is 96.7 Å². The first-order valence-corrected chi connectivity index (χ1v) is 41.3. The Morgan fingerprint density at radius 1 is 0.261 bits per heavy atom. The normalized spacial score (nSPS) is 13.9. The molecule has 0 amide bonds. The van der Waals surface area contributed by atoms with Gasteiger partial charge in [0, 0.05) is 25.7 Å². The maximum absolute atomic E-state index is 13.1. The number of aliphatic hydroxyl groups excluding tert-OH is 1. The van der Waals surface area contributed by atoms with Gasteiger partial charge in [0.25, 0.3) is 0 Å². The number of aliphatic hydroxyl groups is 1. The van der Waals surface area contributed by atoms with Crippen LogP contribution in [0.3, 0.4) is 0 Å². The Hall–Kier alpha value is -1.94. The molecule has 19 heteroatoms. The third-order valence-electron chi connectivity index (χ3n) is 17.1. The van der Waals surface area contributed by atoms with Crippen molar-refractivity contribution in [3.63, 3.8) is 0 Å². The molecule has 0 aromatic carbocycles. The molecule has 0 aromatic heterocycles. The molecule has 0 saturated heterocycles. The molecule has 0 radical (unpaired) electrons. The predicted octanol–water partition coefficient (Wildman–Crippen LogP) is 21.4. The highest BCUT2D eigenvalue weighted by Crippen LogP contribution is 2.45. The molecule has 5 atom stereocenters. The Balaban J connectivity index is 5.21. The van der Waals surface area contributed by atoms with Gasteiger partial charge in [-0.3, -0.25) is 37.3 Å². The second-order valence-corrected chi connectivity index (χ2v) is 29.2. The largest absolute Gasteiger partial charge is 0.472 e. The molecule has 0 aliphatic rings. The predicted molar refractivity (Wildman–Crippen MR) is 372 cm³/mol. The van der Waals surface area contributed by atoms with Crippen molar-refractivity contribution in [3.8, 4) is 0 Å². The highest BCUT2D eigenvalue weighted by atomic mass is 31.2. The maximum atomic E-state index is 13.1. The Kier molecular flexibility index (Phi) is 66.2. The average Bonchev–Trinajstić information content (AvgIpc) is 1.71. The summed E-state index contributed by atoms with van der Waals surface area (Å²) < 4.78 is 68.4. The molecular weight excluding hydrogens is 1210 g/mol.